The molecule has 6 heteroatoms. The van der Waals surface area contributed by atoms with Crippen LogP contribution >= 0.6 is 0 Å². The Morgan fingerprint density at radius 1 is 1.08 bits per heavy atom. The normalized spacial score (nSPS) is 18.3. The lowest BCUT2D eigenvalue weighted by atomic mass is 10.0. The van der Waals surface area contributed by atoms with Gasteiger partial charge in [0.15, 0.2) is 0 Å². The van der Waals surface area contributed by atoms with E-state index in [1.54, 1.807) is 4.90 Å². The van der Waals surface area contributed by atoms with Crippen LogP contribution in [0, 0.1) is 0 Å². The maximum Gasteiger partial charge on any atom is 0.410 e. The number of ether oxygens (including phenoxy) is 1. The third kappa shape index (κ3) is 4.06. The van der Waals surface area contributed by atoms with Gasteiger partial charge in [-0.15, -0.1) is 0 Å². The Kier molecular flexibility index (Phi) is 5.35. The average Bonchev–Trinajstić information content (AvgIpc) is 3.46. The fourth-order valence-electron chi connectivity index (χ4n) is 3.30. The molecule has 3 rings (SSSR count). The Morgan fingerprint density at radius 3 is 2.29 bits per heavy atom. The topological polar surface area (TPSA) is 75.9 Å². The summed E-state index contributed by atoms with van der Waals surface area (Å²) in [5, 5.41) is 0. The Bertz CT molecular complexity index is 566. The van der Waals surface area contributed by atoms with Crippen LogP contribution < -0.4 is 5.73 Å². The summed E-state index contributed by atoms with van der Waals surface area (Å²) in [5.41, 5.74) is 6.52. The number of nitrogens with two attached hydrogens (primary N) is 1. The fourth-order valence-corrected chi connectivity index (χ4v) is 3.30. The molecule has 1 aromatic rings. The Balaban J connectivity index is 1.47. The summed E-state index contributed by atoms with van der Waals surface area (Å²) in [7, 11) is 0. The van der Waals surface area contributed by atoms with Crippen LogP contribution in [-0.2, 0) is 16.1 Å². The fraction of sp³-hybridized carbons (Fsp3) is 0.556. The first kappa shape index (κ1) is 16.8. The molecule has 1 aliphatic carbocycles. The zero-order chi connectivity index (χ0) is 16.9. The summed E-state index contributed by atoms with van der Waals surface area (Å²) in [5.74, 6) is 0.0302. The first-order valence-corrected chi connectivity index (χ1v) is 8.66. The predicted molar refractivity (Wildman–Crippen MR) is 90.1 cm³/mol. The van der Waals surface area contributed by atoms with Crippen LogP contribution in [-0.4, -0.2) is 53.5 Å². The number of carbonyl (C=O) groups excluding carboxylic acids is 2. The predicted octanol–water partition coefficient (Wildman–Crippen LogP) is 1.74. The van der Waals surface area contributed by atoms with E-state index >= 15 is 0 Å². The van der Waals surface area contributed by atoms with E-state index in [9.17, 15) is 9.59 Å². The van der Waals surface area contributed by atoms with Gasteiger partial charge in [0.2, 0.25) is 5.91 Å². The lowest BCUT2D eigenvalue weighted by Crippen LogP contribution is -2.51. The molecule has 130 valence electrons. The number of rotatable bonds is 5. The van der Waals surface area contributed by atoms with Gasteiger partial charge in [-0.1, -0.05) is 30.3 Å². The highest BCUT2D eigenvalue weighted by atomic mass is 16.6. The van der Waals surface area contributed by atoms with Gasteiger partial charge >= 0.3 is 6.09 Å². The van der Waals surface area contributed by atoms with E-state index in [1.807, 2.05) is 35.2 Å². The van der Waals surface area contributed by atoms with Crippen LogP contribution in [0.4, 0.5) is 4.79 Å². The van der Waals surface area contributed by atoms with Crippen molar-refractivity contribution in [2.75, 3.05) is 19.6 Å². The number of nitrogens with zero attached hydrogens (tertiary/aromatic N) is 2. The number of hydrogen-bond acceptors (Lipinski definition) is 4. The maximum absolute atomic E-state index is 12.2. The molecule has 2 amide bonds. The molecule has 1 aliphatic heterocycles. The molecule has 1 heterocycles. The molecule has 0 radical (unpaired) electrons. The van der Waals surface area contributed by atoms with Crippen molar-refractivity contribution in [2.45, 2.75) is 44.4 Å². The monoisotopic (exact) mass is 331 g/mol. The van der Waals surface area contributed by atoms with E-state index in [0.29, 0.717) is 25.7 Å². The van der Waals surface area contributed by atoms with Crippen molar-refractivity contribution in [1.29, 1.82) is 0 Å². The van der Waals surface area contributed by atoms with Gasteiger partial charge in [-0.25, -0.2) is 4.79 Å². The average molecular weight is 331 g/mol. The van der Waals surface area contributed by atoms with Crippen molar-refractivity contribution < 1.29 is 14.3 Å². The minimum absolute atomic E-state index is 0.0302. The van der Waals surface area contributed by atoms with Crippen molar-refractivity contribution in [2.24, 2.45) is 5.73 Å². The number of amides is 2. The largest absolute Gasteiger partial charge is 0.445 e. The molecule has 0 unspecified atom stereocenters. The molecule has 1 aromatic carbocycles. The van der Waals surface area contributed by atoms with Gasteiger partial charge in [-0.05, 0) is 31.2 Å². The van der Waals surface area contributed by atoms with Gasteiger partial charge in [0.05, 0.1) is 6.54 Å². The molecule has 0 atom stereocenters. The molecule has 1 saturated heterocycles. The quantitative estimate of drug-likeness (QED) is 0.892. The lowest BCUT2D eigenvalue weighted by Gasteiger charge is -2.38. The minimum atomic E-state index is -0.277. The van der Waals surface area contributed by atoms with E-state index in [2.05, 4.69) is 0 Å². The molecule has 0 bridgehead atoms. The molecule has 24 heavy (non-hydrogen) atoms. The molecule has 0 spiro atoms. The third-order valence-corrected chi connectivity index (χ3v) is 4.72. The summed E-state index contributed by atoms with van der Waals surface area (Å²) in [4.78, 5) is 27.9. The third-order valence-electron chi connectivity index (χ3n) is 4.72. The maximum atomic E-state index is 12.2. The molecule has 2 fully saturated rings. The molecule has 0 aromatic heterocycles. The van der Waals surface area contributed by atoms with Crippen molar-refractivity contribution in [3.05, 3.63) is 35.9 Å². The molecule has 2 aliphatic rings. The molecule has 6 nitrogen and oxygen atoms in total. The second kappa shape index (κ2) is 7.66. The molecule has 1 saturated carbocycles. The summed E-state index contributed by atoms with van der Waals surface area (Å²) in [6.45, 7) is 1.61. The Morgan fingerprint density at radius 2 is 1.71 bits per heavy atom. The van der Waals surface area contributed by atoms with Gasteiger partial charge in [0, 0.05) is 25.2 Å². The highest BCUT2D eigenvalue weighted by Crippen LogP contribution is 2.31. The van der Waals surface area contributed by atoms with E-state index in [-0.39, 0.29) is 24.6 Å². The second-order valence-electron chi connectivity index (χ2n) is 6.49. The highest BCUT2D eigenvalue weighted by Gasteiger charge is 2.38. The van der Waals surface area contributed by atoms with Gasteiger partial charge in [0.25, 0.3) is 0 Å². The van der Waals surface area contributed by atoms with Crippen molar-refractivity contribution in [3.63, 3.8) is 0 Å². The van der Waals surface area contributed by atoms with Crippen molar-refractivity contribution >= 4 is 12.0 Å². The summed E-state index contributed by atoms with van der Waals surface area (Å²) in [6.07, 6.45) is 3.46. The zero-order valence-electron chi connectivity index (χ0n) is 13.9. The Labute approximate surface area is 142 Å². The van der Waals surface area contributed by atoms with Crippen LogP contribution in [0.3, 0.4) is 0 Å². The standard InChI is InChI=1S/C18H25N3O3/c19-12-17(22)21(15-6-7-15)16-8-10-20(11-9-16)18(23)24-13-14-4-2-1-3-5-14/h1-5,15-16H,6-13,19H2. The molecular weight excluding hydrogens is 306 g/mol. The summed E-state index contributed by atoms with van der Waals surface area (Å²) < 4.78 is 5.38. The smallest absolute Gasteiger partial charge is 0.410 e. The number of carbonyl (C=O) groups is 2. The minimum Gasteiger partial charge on any atom is -0.445 e. The second-order valence-corrected chi connectivity index (χ2v) is 6.49. The first-order valence-electron chi connectivity index (χ1n) is 8.66. The van der Waals surface area contributed by atoms with Gasteiger partial charge in [-0.3, -0.25) is 4.79 Å². The number of piperidine rings is 1. The van der Waals surface area contributed by atoms with E-state index in [0.717, 1.165) is 31.2 Å². The number of likely N-dealkylation sites (tertiary alicyclic amines) is 1. The van der Waals surface area contributed by atoms with E-state index in [4.69, 9.17) is 10.5 Å². The first-order chi connectivity index (χ1) is 11.7. The van der Waals surface area contributed by atoms with Crippen molar-refractivity contribution in [3.8, 4) is 0 Å². The SMILES string of the molecule is NCC(=O)N(C1CC1)C1CCN(C(=O)OCc2ccccc2)CC1. The van der Waals surface area contributed by atoms with Crippen LogP contribution in [0.25, 0.3) is 0 Å². The van der Waals surface area contributed by atoms with Gasteiger partial charge in [0.1, 0.15) is 6.61 Å². The van der Waals surface area contributed by atoms with E-state index < -0.39 is 0 Å². The summed E-state index contributed by atoms with van der Waals surface area (Å²) >= 11 is 0. The molecule has 2 N–H and O–H groups in total. The highest BCUT2D eigenvalue weighted by molar-refractivity contribution is 5.79. The lowest BCUT2D eigenvalue weighted by molar-refractivity contribution is -0.133. The zero-order valence-corrected chi connectivity index (χ0v) is 13.9. The Hall–Kier alpha value is -2.08. The van der Waals surface area contributed by atoms with Crippen LogP contribution in [0.1, 0.15) is 31.2 Å². The number of hydrogen-bond donors (Lipinski definition) is 1. The summed E-state index contributed by atoms with van der Waals surface area (Å²) in [6, 6.07) is 10.2. The van der Waals surface area contributed by atoms with E-state index in [1.165, 1.54) is 0 Å². The van der Waals surface area contributed by atoms with Crippen LogP contribution in [0.5, 0.6) is 0 Å². The van der Waals surface area contributed by atoms with Crippen molar-refractivity contribution in [1.82, 2.24) is 9.80 Å². The van der Waals surface area contributed by atoms with Gasteiger partial charge in [-0.2, -0.15) is 0 Å². The van der Waals surface area contributed by atoms with Crippen LogP contribution in [0.15, 0.2) is 30.3 Å². The molecular formula is C18H25N3O3. The number of benzene rings is 1. The van der Waals surface area contributed by atoms with Gasteiger partial charge < -0.3 is 20.3 Å². The van der Waals surface area contributed by atoms with Crippen LogP contribution in [0.2, 0.25) is 0 Å².